The lowest BCUT2D eigenvalue weighted by molar-refractivity contribution is 0.371. The van der Waals surface area contributed by atoms with Crippen LogP contribution < -0.4 is 4.74 Å². The van der Waals surface area contributed by atoms with Crippen molar-refractivity contribution < 1.29 is 17.9 Å². The van der Waals surface area contributed by atoms with Crippen LogP contribution in [0.25, 0.3) is 5.83 Å². The largest absolute Gasteiger partial charge is 0.494 e. The zero-order valence-electron chi connectivity index (χ0n) is 12.9. The number of benzene rings is 1. The second-order valence-corrected chi connectivity index (χ2v) is 5.32. The number of halogens is 3. The first-order chi connectivity index (χ1) is 10.0. The van der Waals surface area contributed by atoms with Gasteiger partial charge in [0.15, 0.2) is 11.6 Å². The molecule has 1 aromatic rings. The van der Waals surface area contributed by atoms with E-state index in [0.29, 0.717) is 12.3 Å². The Morgan fingerprint density at radius 3 is 2.57 bits per heavy atom. The molecule has 0 aliphatic rings. The topological polar surface area (TPSA) is 9.23 Å². The molecule has 0 aliphatic carbocycles. The van der Waals surface area contributed by atoms with Crippen molar-refractivity contribution in [1.82, 2.24) is 0 Å². The van der Waals surface area contributed by atoms with Crippen LogP contribution in [0.2, 0.25) is 0 Å². The maximum atomic E-state index is 13.9. The highest BCUT2D eigenvalue weighted by molar-refractivity contribution is 5.60. The molecule has 118 valence electrons. The molecule has 0 saturated carbocycles. The quantitative estimate of drug-likeness (QED) is 0.544. The monoisotopic (exact) mass is 300 g/mol. The first kappa shape index (κ1) is 17.6. The van der Waals surface area contributed by atoms with E-state index < -0.39 is 17.5 Å². The number of rotatable bonds is 8. The van der Waals surface area contributed by atoms with Gasteiger partial charge < -0.3 is 4.74 Å². The van der Waals surface area contributed by atoms with Gasteiger partial charge >= 0.3 is 0 Å². The lowest BCUT2D eigenvalue weighted by atomic mass is 9.99. The molecule has 1 aromatic carbocycles. The van der Waals surface area contributed by atoms with E-state index >= 15 is 0 Å². The van der Waals surface area contributed by atoms with E-state index in [-0.39, 0.29) is 11.3 Å². The van der Waals surface area contributed by atoms with Crippen molar-refractivity contribution in [2.75, 3.05) is 7.11 Å². The normalized spacial score (nSPS) is 13.3. The number of hydrogen-bond acceptors (Lipinski definition) is 1. The fourth-order valence-electron chi connectivity index (χ4n) is 2.32. The van der Waals surface area contributed by atoms with Crippen LogP contribution in [0.4, 0.5) is 13.2 Å². The molecule has 0 aliphatic heterocycles. The third kappa shape index (κ3) is 5.10. The summed E-state index contributed by atoms with van der Waals surface area (Å²) >= 11 is 0. The lowest BCUT2D eigenvalue weighted by Crippen LogP contribution is -1.96. The highest BCUT2D eigenvalue weighted by Crippen LogP contribution is 2.28. The van der Waals surface area contributed by atoms with E-state index in [4.69, 9.17) is 0 Å². The number of allylic oxidation sites excluding steroid dienone is 1. The Labute approximate surface area is 124 Å². The Hall–Kier alpha value is -1.45. The molecule has 0 amide bonds. The number of hydrogen-bond donors (Lipinski definition) is 0. The Morgan fingerprint density at radius 1 is 1.24 bits per heavy atom. The van der Waals surface area contributed by atoms with Gasteiger partial charge in [-0.3, -0.25) is 0 Å². The Kier molecular flexibility index (Phi) is 7.34. The van der Waals surface area contributed by atoms with Crippen LogP contribution in [0, 0.1) is 17.6 Å². The van der Waals surface area contributed by atoms with Gasteiger partial charge in [-0.1, -0.05) is 33.1 Å². The van der Waals surface area contributed by atoms with E-state index in [2.05, 4.69) is 18.6 Å². The van der Waals surface area contributed by atoms with Crippen LogP contribution in [-0.2, 0) is 0 Å². The predicted molar refractivity (Wildman–Crippen MR) is 79.9 cm³/mol. The fourth-order valence-corrected chi connectivity index (χ4v) is 2.32. The third-order valence-corrected chi connectivity index (χ3v) is 3.53. The summed E-state index contributed by atoms with van der Waals surface area (Å²) in [5.74, 6) is -2.70. The summed E-state index contributed by atoms with van der Waals surface area (Å²) in [6.45, 7) is 4.30. The molecule has 0 heterocycles. The van der Waals surface area contributed by atoms with Crippen LogP contribution in [0.15, 0.2) is 18.2 Å². The van der Waals surface area contributed by atoms with Crippen molar-refractivity contribution in [3.8, 4) is 5.75 Å². The molecule has 21 heavy (non-hydrogen) atoms. The molecule has 1 unspecified atom stereocenters. The number of unbranched alkanes of at least 4 members (excludes halogenated alkanes) is 1. The molecule has 1 nitrogen and oxygen atoms in total. The first-order valence-electron chi connectivity index (χ1n) is 7.39. The molecule has 0 bridgehead atoms. The van der Waals surface area contributed by atoms with Gasteiger partial charge in [0.2, 0.25) is 5.82 Å². The third-order valence-electron chi connectivity index (χ3n) is 3.53. The van der Waals surface area contributed by atoms with Crippen molar-refractivity contribution in [2.24, 2.45) is 5.92 Å². The minimum Gasteiger partial charge on any atom is -0.494 e. The van der Waals surface area contributed by atoms with E-state index in [0.717, 1.165) is 25.7 Å². The maximum Gasteiger partial charge on any atom is 0.201 e. The molecule has 4 heteroatoms. The van der Waals surface area contributed by atoms with Crippen molar-refractivity contribution >= 4 is 5.83 Å². The standard InChI is InChI=1S/C17H23F3O/c1-4-7-12(2)8-5-6-9-14(18)13-10-11-15(21-3)17(20)16(13)19/h9-12H,4-8H2,1-3H3/b14-9-. The summed E-state index contributed by atoms with van der Waals surface area (Å²) < 4.78 is 45.8. The SMILES string of the molecule is CCCC(C)CCC/C=C(\F)c1ccc(OC)c(F)c1F. The lowest BCUT2D eigenvalue weighted by Gasteiger charge is -2.08. The van der Waals surface area contributed by atoms with Crippen molar-refractivity contribution in [3.63, 3.8) is 0 Å². The minimum atomic E-state index is -1.21. The average Bonchev–Trinajstić information content (AvgIpc) is 2.46. The second kappa shape index (κ2) is 8.75. The zero-order valence-corrected chi connectivity index (χ0v) is 12.9. The molecule has 0 N–H and O–H groups in total. The van der Waals surface area contributed by atoms with Crippen LogP contribution in [-0.4, -0.2) is 7.11 Å². The average molecular weight is 300 g/mol. The van der Waals surface area contributed by atoms with Gasteiger partial charge in [0.1, 0.15) is 5.83 Å². The highest BCUT2D eigenvalue weighted by atomic mass is 19.2. The Bertz CT molecular complexity index is 483. The van der Waals surface area contributed by atoms with Gasteiger partial charge in [0, 0.05) is 5.56 Å². The van der Waals surface area contributed by atoms with Gasteiger partial charge in [-0.15, -0.1) is 0 Å². The Balaban J connectivity index is 2.64. The first-order valence-corrected chi connectivity index (χ1v) is 7.39. The molecule has 0 aromatic heterocycles. The van der Waals surface area contributed by atoms with Gasteiger partial charge in [-0.25, -0.2) is 8.78 Å². The molecule has 0 spiro atoms. The molecule has 1 atom stereocenters. The van der Waals surface area contributed by atoms with Gasteiger partial charge in [-0.05, 0) is 37.0 Å². The van der Waals surface area contributed by atoms with E-state index in [1.54, 1.807) is 0 Å². The maximum absolute atomic E-state index is 13.9. The summed E-state index contributed by atoms with van der Waals surface area (Å²) in [5, 5.41) is 0. The number of ether oxygens (including phenoxy) is 1. The summed E-state index contributed by atoms with van der Waals surface area (Å²) in [5.41, 5.74) is -0.352. The molecule has 1 rings (SSSR count). The van der Waals surface area contributed by atoms with E-state index in [9.17, 15) is 13.2 Å². The molecule has 0 fully saturated rings. The molecular weight excluding hydrogens is 277 g/mol. The van der Waals surface area contributed by atoms with Crippen LogP contribution in [0.3, 0.4) is 0 Å². The van der Waals surface area contributed by atoms with Crippen LogP contribution in [0.1, 0.15) is 51.5 Å². The summed E-state index contributed by atoms with van der Waals surface area (Å²) in [7, 11) is 1.24. The van der Waals surface area contributed by atoms with Gasteiger partial charge in [0.05, 0.1) is 7.11 Å². The predicted octanol–water partition coefficient (Wildman–Crippen LogP) is 5.89. The van der Waals surface area contributed by atoms with E-state index in [1.807, 2.05) is 0 Å². The van der Waals surface area contributed by atoms with Crippen molar-refractivity contribution in [1.29, 1.82) is 0 Å². The summed E-state index contributed by atoms with van der Waals surface area (Å²) in [6.07, 6.45) is 5.99. The zero-order chi connectivity index (χ0) is 15.8. The molecule has 0 saturated heterocycles. The second-order valence-electron chi connectivity index (χ2n) is 5.32. The van der Waals surface area contributed by atoms with E-state index in [1.165, 1.54) is 25.3 Å². The fraction of sp³-hybridized carbons (Fsp3) is 0.529. The van der Waals surface area contributed by atoms with Crippen molar-refractivity contribution in [2.45, 2.75) is 46.0 Å². The van der Waals surface area contributed by atoms with Gasteiger partial charge in [0.25, 0.3) is 0 Å². The van der Waals surface area contributed by atoms with Gasteiger partial charge in [-0.2, -0.15) is 4.39 Å². The minimum absolute atomic E-state index is 0.225. The Morgan fingerprint density at radius 2 is 1.95 bits per heavy atom. The summed E-state index contributed by atoms with van der Waals surface area (Å²) in [4.78, 5) is 0. The van der Waals surface area contributed by atoms with Crippen LogP contribution in [0.5, 0.6) is 5.75 Å². The smallest absolute Gasteiger partial charge is 0.201 e. The highest BCUT2D eigenvalue weighted by Gasteiger charge is 2.16. The summed E-state index contributed by atoms with van der Waals surface area (Å²) in [6, 6.07) is 2.42. The van der Waals surface area contributed by atoms with Crippen LogP contribution >= 0.6 is 0 Å². The molecular formula is C17H23F3O. The number of methoxy groups -OCH3 is 1. The van der Waals surface area contributed by atoms with Crippen molar-refractivity contribution in [3.05, 3.63) is 35.4 Å². The molecule has 0 radical (unpaired) electrons.